The van der Waals surface area contributed by atoms with Gasteiger partial charge in [0.05, 0.1) is 5.75 Å². The second kappa shape index (κ2) is 5.10. The number of rotatable bonds is 2. The lowest BCUT2D eigenvalue weighted by molar-refractivity contribution is 0.0945. The molecule has 21 heavy (non-hydrogen) atoms. The minimum atomic E-state index is -2.44. The molecule has 1 aromatic carbocycles. The van der Waals surface area contributed by atoms with Crippen LogP contribution in [-0.2, 0) is 9.73 Å². The van der Waals surface area contributed by atoms with Gasteiger partial charge in [0.25, 0.3) is 0 Å². The van der Waals surface area contributed by atoms with E-state index in [0.717, 1.165) is 6.54 Å². The van der Waals surface area contributed by atoms with Crippen molar-refractivity contribution in [2.24, 2.45) is 0 Å². The van der Waals surface area contributed by atoms with Crippen LogP contribution in [0.3, 0.4) is 0 Å². The topological polar surface area (TPSA) is 44.2 Å². The summed E-state index contributed by atoms with van der Waals surface area (Å²) in [5.41, 5.74) is 2.78. The first-order valence-corrected chi connectivity index (χ1v) is 9.77. The number of nitrogens with one attached hydrogen (secondary N) is 1. The number of hydrogen-bond acceptors (Lipinski definition) is 3. The predicted octanol–water partition coefficient (Wildman–Crippen LogP) is 3.77. The van der Waals surface area contributed by atoms with Crippen molar-refractivity contribution in [2.45, 2.75) is 51.1 Å². The molecule has 116 valence electrons. The Labute approximate surface area is 128 Å². The highest BCUT2D eigenvalue weighted by Crippen LogP contribution is 2.45. The Balaban J connectivity index is 2.03. The van der Waals surface area contributed by atoms with Gasteiger partial charge in [-0.2, -0.15) is 0 Å². The molecule has 1 N–H and O–H groups in total. The van der Waals surface area contributed by atoms with E-state index in [0.29, 0.717) is 17.4 Å². The molecule has 0 aromatic heterocycles. The lowest BCUT2D eigenvalue weighted by Crippen LogP contribution is -2.51. The highest BCUT2D eigenvalue weighted by atomic mass is 32.2. The maximum Gasteiger partial charge on any atom is 0.0514 e. The van der Waals surface area contributed by atoms with Gasteiger partial charge in [-0.1, -0.05) is 24.3 Å². The minimum Gasteiger partial charge on any atom is -0.290 e. The van der Waals surface area contributed by atoms with E-state index in [2.05, 4.69) is 49.9 Å². The van der Waals surface area contributed by atoms with Crippen LogP contribution in [0.1, 0.15) is 56.7 Å². The summed E-state index contributed by atoms with van der Waals surface area (Å²) >= 11 is 0. The Kier molecular flexibility index (Phi) is 3.65. The molecule has 4 heteroatoms. The van der Waals surface area contributed by atoms with Gasteiger partial charge in [0.1, 0.15) is 0 Å². The minimum absolute atomic E-state index is 0.0390. The van der Waals surface area contributed by atoms with Crippen LogP contribution in [0.25, 0.3) is 0 Å². The third-order valence-electron chi connectivity index (χ3n) is 4.70. The number of hydrogen-bond donors (Lipinski definition) is 1. The quantitative estimate of drug-likeness (QED) is 0.904. The lowest BCUT2D eigenvalue weighted by atomic mass is 9.93. The van der Waals surface area contributed by atoms with Gasteiger partial charge in [0, 0.05) is 33.6 Å². The summed E-state index contributed by atoms with van der Waals surface area (Å²) < 4.78 is 20.5. The van der Waals surface area contributed by atoms with E-state index in [1.807, 2.05) is 0 Å². The van der Waals surface area contributed by atoms with Crippen molar-refractivity contribution in [3.8, 4) is 0 Å². The summed E-state index contributed by atoms with van der Waals surface area (Å²) in [6.45, 7) is 7.42. The van der Waals surface area contributed by atoms with Crippen molar-refractivity contribution in [2.75, 3.05) is 18.1 Å². The Morgan fingerprint density at radius 3 is 2.38 bits per heavy atom. The van der Waals surface area contributed by atoms with Crippen LogP contribution >= 0.6 is 0 Å². The van der Waals surface area contributed by atoms with Crippen LogP contribution in [0.4, 0.5) is 0 Å². The molecule has 1 aliphatic carbocycles. The molecule has 2 fully saturated rings. The van der Waals surface area contributed by atoms with E-state index in [1.54, 1.807) is 0 Å². The summed E-state index contributed by atoms with van der Waals surface area (Å²) in [4.78, 5) is 2.45. The normalized spacial score (nSPS) is 31.3. The van der Waals surface area contributed by atoms with E-state index in [9.17, 15) is 4.21 Å². The molecule has 2 unspecified atom stereocenters. The third-order valence-corrected chi connectivity index (χ3v) is 6.40. The molecule has 2 atom stereocenters. The zero-order chi connectivity index (χ0) is 15.3. The van der Waals surface area contributed by atoms with Gasteiger partial charge < -0.3 is 0 Å². The van der Waals surface area contributed by atoms with Crippen molar-refractivity contribution in [1.82, 2.24) is 4.90 Å². The lowest BCUT2D eigenvalue weighted by Gasteiger charge is -2.45. The van der Waals surface area contributed by atoms with Crippen molar-refractivity contribution >= 4 is 9.73 Å². The van der Waals surface area contributed by atoms with E-state index in [4.69, 9.17) is 4.78 Å². The molecule has 1 aromatic rings. The summed E-state index contributed by atoms with van der Waals surface area (Å²) in [6, 6.07) is 8.74. The van der Waals surface area contributed by atoms with Gasteiger partial charge >= 0.3 is 0 Å². The average Bonchev–Trinajstić information content (AvgIpc) is 3.20. The molecule has 1 aliphatic heterocycles. The first-order chi connectivity index (χ1) is 9.78. The van der Waals surface area contributed by atoms with Crippen LogP contribution in [0.15, 0.2) is 24.3 Å². The molecule has 1 saturated carbocycles. The Morgan fingerprint density at radius 1 is 1.19 bits per heavy atom. The van der Waals surface area contributed by atoms with Crippen molar-refractivity contribution in [3.05, 3.63) is 35.4 Å². The van der Waals surface area contributed by atoms with Gasteiger partial charge in [-0.3, -0.25) is 9.68 Å². The second-order valence-corrected chi connectivity index (χ2v) is 9.83. The largest absolute Gasteiger partial charge is 0.290 e. The summed E-state index contributed by atoms with van der Waals surface area (Å²) in [6.07, 6.45) is 2.55. The van der Waals surface area contributed by atoms with Crippen LogP contribution < -0.4 is 0 Å². The maximum atomic E-state index is 12.4. The molecule has 0 radical (unpaired) electrons. The molecule has 0 amide bonds. The second-order valence-electron chi connectivity index (χ2n) is 7.47. The molecule has 0 spiro atoms. The zero-order valence-corrected chi connectivity index (χ0v) is 14.1. The predicted molar refractivity (Wildman–Crippen MR) is 88.2 cm³/mol. The first-order valence-electron chi connectivity index (χ1n) is 7.88. The molecule has 1 heterocycles. The first kappa shape index (κ1) is 15.0. The van der Waals surface area contributed by atoms with Gasteiger partial charge in [0.2, 0.25) is 0 Å². The standard InChI is InChI=1S/C17H26N2OS/c1-17(2,3)19-10-11-21(18,20)12-16(19)15-7-5-4-6-14(15)13-8-9-13/h4-7,13,16,18H,8-12H2,1-3H3. The highest BCUT2D eigenvalue weighted by molar-refractivity contribution is 7.92. The van der Waals surface area contributed by atoms with Gasteiger partial charge in [-0.05, 0) is 50.7 Å². The van der Waals surface area contributed by atoms with Crippen LogP contribution in [0.2, 0.25) is 0 Å². The summed E-state index contributed by atoms with van der Waals surface area (Å²) in [7, 11) is -2.44. The molecular weight excluding hydrogens is 280 g/mol. The van der Waals surface area contributed by atoms with Crippen molar-refractivity contribution in [3.63, 3.8) is 0 Å². The van der Waals surface area contributed by atoms with Crippen LogP contribution in [0.5, 0.6) is 0 Å². The van der Waals surface area contributed by atoms with E-state index < -0.39 is 9.73 Å². The molecule has 3 rings (SSSR count). The average molecular weight is 306 g/mol. The Hall–Kier alpha value is -0.870. The molecule has 2 aliphatic rings. The summed E-state index contributed by atoms with van der Waals surface area (Å²) in [5.74, 6) is 1.67. The molecule has 1 saturated heterocycles. The van der Waals surface area contributed by atoms with E-state index in [-0.39, 0.29) is 11.6 Å². The fourth-order valence-corrected chi connectivity index (χ4v) is 5.00. The Morgan fingerprint density at radius 2 is 1.81 bits per heavy atom. The smallest absolute Gasteiger partial charge is 0.0514 e. The zero-order valence-electron chi connectivity index (χ0n) is 13.3. The highest BCUT2D eigenvalue weighted by Gasteiger charge is 2.38. The summed E-state index contributed by atoms with van der Waals surface area (Å²) in [5, 5.41) is 0. The van der Waals surface area contributed by atoms with Crippen molar-refractivity contribution in [1.29, 1.82) is 4.78 Å². The fraction of sp³-hybridized carbons (Fsp3) is 0.647. The van der Waals surface area contributed by atoms with Gasteiger partial charge in [-0.25, -0.2) is 4.21 Å². The maximum absolute atomic E-state index is 12.4. The fourth-order valence-electron chi connectivity index (χ4n) is 3.47. The van der Waals surface area contributed by atoms with Gasteiger partial charge in [-0.15, -0.1) is 0 Å². The Bertz CT molecular complexity index is 626. The van der Waals surface area contributed by atoms with Crippen LogP contribution in [0, 0.1) is 4.78 Å². The molecule has 3 nitrogen and oxygen atoms in total. The van der Waals surface area contributed by atoms with Gasteiger partial charge in [0.15, 0.2) is 0 Å². The number of benzene rings is 1. The van der Waals surface area contributed by atoms with Crippen LogP contribution in [-0.4, -0.2) is 32.7 Å². The third kappa shape index (κ3) is 3.16. The SMILES string of the molecule is CC(C)(C)N1CCS(=N)(=O)CC1c1ccccc1C1CC1. The molecular formula is C17H26N2OS. The monoisotopic (exact) mass is 306 g/mol. The van der Waals surface area contributed by atoms with E-state index in [1.165, 1.54) is 24.0 Å². The van der Waals surface area contributed by atoms with Crippen molar-refractivity contribution < 1.29 is 4.21 Å². The van der Waals surface area contributed by atoms with E-state index >= 15 is 0 Å². The molecule has 0 bridgehead atoms. The number of nitrogens with zero attached hydrogens (tertiary/aromatic N) is 1.